The minimum absolute atomic E-state index is 0.349. The van der Waals surface area contributed by atoms with Crippen LogP contribution in [0.1, 0.15) is 12.8 Å². The van der Waals surface area contributed by atoms with Crippen molar-refractivity contribution in [2.45, 2.75) is 18.9 Å². The first-order chi connectivity index (χ1) is 5.43. The monoisotopic (exact) mass is 150 g/mol. The number of rotatable bonds is 1. The van der Waals surface area contributed by atoms with E-state index in [1.165, 1.54) is 0 Å². The largest absolute Gasteiger partial charge is 0.381 e. The molecule has 0 atom stereocenters. The molecule has 0 aromatic carbocycles. The zero-order chi connectivity index (χ0) is 7.94. The van der Waals surface area contributed by atoms with Crippen LogP contribution in [0, 0.1) is 0 Å². The van der Waals surface area contributed by atoms with E-state index in [2.05, 4.69) is 24.3 Å². The SMILES string of the molecule is COC1C\C=C/C=C\C=C/C1. The van der Waals surface area contributed by atoms with Gasteiger partial charge in [-0.15, -0.1) is 0 Å². The Morgan fingerprint density at radius 2 is 1.55 bits per heavy atom. The number of methoxy groups -OCH3 is 1. The third-order valence-electron chi connectivity index (χ3n) is 1.74. The maximum Gasteiger partial charge on any atom is 0.0640 e. The molecule has 0 radical (unpaired) electrons. The molecule has 1 nitrogen and oxygen atoms in total. The summed E-state index contributed by atoms with van der Waals surface area (Å²) < 4.78 is 5.25. The van der Waals surface area contributed by atoms with Crippen LogP contribution in [0.15, 0.2) is 36.5 Å². The molecule has 0 fully saturated rings. The van der Waals surface area contributed by atoms with Crippen LogP contribution >= 0.6 is 0 Å². The Balaban J connectivity index is 2.51. The van der Waals surface area contributed by atoms with Gasteiger partial charge in [-0.25, -0.2) is 0 Å². The van der Waals surface area contributed by atoms with Crippen LogP contribution in [0.3, 0.4) is 0 Å². The molecule has 11 heavy (non-hydrogen) atoms. The van der Waals surface area contributed by atoms with Gasteiger partial charge >= 0.3 is 0 Å². The standard InChI is InChI=1S/C10H14O/c1-11-10-8-6-4-2-3-5-7-9-10/h2-7,10H,8-9H2,1H3/b3-2-,6-4-,7-5-. The highest BCUT2D eigenvalue weighted by Gasteiger charge is 2.01. The van der Waals surface area contributed by atoms with Crippen molar-refractivity contribution in [2.75, 3.05) is 7.11 Å². The Labute approximate surface area is 68.1 Å². The molecule has 60 valence electrons. The van der Waals surface area contributed by atoms with E-state index >= 15 is 0 Å². The van der Waals surface area contributed by atoms with Crippen molar-refractivity contribution >= 4 is 0 Å². The second-order valence-electron chi connectivity index (χ2n) is 2.57. The van der Waals surface area contributed by atoms with Crippen molar-refractivity contribution in [3.8, 4) is 0 Å². The second kappa shape index (κ2) is 4.91. The van der Waals surface area contributed by atoms with Gasteiger partial charge in [0.25, 0.3) is 0 Å². The molecule has 0 saturated heterocycles. The Morgan fingerprint density at radius 3 is 2.00 bits per heavy atom. The van der Waals surface area contributed by atoms with Crippen LogP contribution in [0.2, 0.25) is 0 Å². The topological polar surface area (TPSA) is 9.23 Å². The first-order valence-electron chi connectivity index (χ1n) is 3.94. The van der Waals surface area contributed by atoms with Gasteiger partial charge in [-0.2, -0.15) is 0 Å². The average molecular weight is 150 g/mol. The smallest absolute Gasteiger partial charge is 0.0640 e. The fraction of sp³-hybridized carbons (Fsp3) is 0.400. The summed E-state index contributed by atoms with van der Waals surface area (Å²) in [6, 6.07) is 0. The van der Waals surface area contributed by atoms with Crippen LogP contribution < -0.4 is 0 Å². The van der Waals surface area contributed by atoms with Gasteiger partial charge in [-0.1, -0.05) is 36.5 Å². The summed E-state index contributed by atoms with van der Waals surface area (Å²) in [6.07, 6.45) is 14.8. The van der Waals surface area contributed by atoms with Crippen molar-refractivity contribution in [3.63, 3.8) is 0 Å². The van der Waals surface area contributed by atoms with E-state index in [0.717, 1.165) is 12.8 Å². The summed E-state index contributed by atoms with van der Waals surface area (Å²) in [5.74, 6) is 0. The van der Waals surface area contributed by atoms with E-state index in [-0.39, 0.29) is 0 Å². The second-order valence-corrected chi connectivity index (χ2v) is 2.57. The van der Waals surface area contributed by atoms with Crippen molar-refractivity contribution in [1.82, 2.24) is 0 Å². The maximum atomic E-state index is 5.25. The first-order valence-corrected chi connectivity index (χ1v) is 3.94. The lowest BCUT2D eigenvalue weighted by Gasteiger charge is -2.09. The molecule has 0 amide bonds. The van der Waals surface area contributed by atoms with E-state index < -0.39 is 0 Å². The fourth-order valence-corrected chi connectivity index (χ4v) is 1.03. The molecule has 0 aliphatic heterocycles. The zero-order valence-corrected chi connectivity index (χ0v) is 6.86. The van der Waals surface area contributed by atoms with Gasteiger partial charge in [-0.05, 0) is 12.8 Å². The van der Waals surface area contributed by atoms with E-state index in [4.69, 9.17) is 4.74 Å². The molecule has 0 aromatic heterocycles. The summed E-state index contributed by atoms with van der Waals surface area (Å²) in [5.41, 5.74) is 0. The Hall–Kier alpha value is -0.820. The highest BCUT2D eigenvalue weighted by Crippen LogP contribution is 2.06. The lowest BCUT2D eigenvalue weighted by molar-refractivity contribution is 0.108. The predicted molar refractivity (Wildman–Crippen MR) is 47.5 cm³/mol. The van der Waals surface area contributed by atoms with Crippen molar-refractivity contribution < 1.29 is 4.74 Å². The van der Waals surface area contributed by atoms with Gasteiger partial charge in [0.15, 0.2) is 0 Å². The number of hydrogen-bond donors (Lipinski definition) is 0. The number of hydrogen-bond acceptors (Lipinski definition) is 1. The molecular formula is C10H14O. The first kappa shape index (κ1) is 8.28. The highest BCUT2D eigenvalue weighted by molar-refractivity contribution is 5.13. The maximum absolute atomic E-state index is 5.25. The zero-order valence-electron chi connectivity index (χ0n) is 6.86. The van der Waals surface area contributed by atoms with Crippen molar-refractivity contribution in [2.24, 2.45) is 0 Å². The fourth-order valence-electron chi connectivity index (χ4n) is 1.03. The summed E-state index contributed by atoms with van der Waals surface area (Å²) in [6.45, 7) is 0. The quantitative estimate of drug-likeness (QED) is 0.558. The van der Waals surface area contributed by atoms with Gasteiger partial charge in [0.05, 0.1) is 6.10 Å². The van der Waals surface area contributed by atoms with E-state index in [1.807, 2.05) is 12.2 Å². The molecule has 0 unspecified atom stereocenters. The molecule has 0 bridgehead atoms. The summed E-state index contributed by atoms with van der Waals surface area (Å²) in [5, 5.41) is 0. The predicted octanol–water partition coefficient (Wildman–Crippen LogP) is 2.46. The van der Waals surface area contributed by atoms with Crippen LogP contribution in [0.5, 0.6) is 0 Å². The lowest BCUT2D eigenvalue weighted by atomic mass is 10.2. The van der Waals surface area contributed by atoms with Gasteiger partial charge < -0.3 is 4.74 Å². The van der Waals surface area contributed by atoms with E-state index in [9.17, 15) is 0 Å². The van der Waals surface area contributed by atoms with Gasteiger partial charge in [0.2, 0.25) is 0 Å². The Morgan fingerprint density at radius 1 is 1.00 bits per heavy atom. The molecule has 0 heterocycles. The summed E-state index contributed by atoms with van der Waals surface area (Å²) >= 11 is 0. The van der Waals surface area contributed by atoms with Gasteiger partial charge in [-0.3, -0.25) is 0 Å². The van der Waals surface area contributed by atoms with Crippen LogP contribution in [0.4, 0.5) is 0 Å². The van der Waals surface area contributed by atoms with E-state index in [0.29, 0.717) is 6.10 Å². The minimum atomic E-state index is 0.349. The van der Waals surface area contributed by atoms with Crippen LogP contribution in [-0.2, 0) is 4.74 Å². The molecule has 1 heteroatoms. The summed E-state index contributed by atoms with van der Waals surface area (Å²) in [7, 11) is 1.76. The number of ether oxygens (including phenoxy) is 1. The third-order valence-corrected chi connectivity index (χ3v) is 1.74. The Bertz CT molecular complexity index is 159. The van der Waals surface area contributed by atoms with Crippen molar-refractivity contribution in [3.05, 3.63) is 36.5 Å². The van der Waals surface area contributed by atoms with E-state index in [1.54, 1.807) is 7.11 Å². The molecule has 0 saturated carbocycles. The molecule has 1 aliphatic rings. The third kappa shape index (κ3) is 3.19. The minimum Gasteiger partial charge on any atom is -0.381 e. The molecule has 0 N–H and O–H groups in total. The molecule has 0 spiro atoms. The van der Waals surface area contributed by atoms with Crippen molar-refractivity contribution in [1.29, 1.82) is 0 Å². The molecule has 1 rings (SSSR count). The van der Waals surface area contributed by atoms with Gasteiger partial charge in [0.1, 0.15) is 0 Å². The number of allylic oxidation sites excluding steroid dienone is 4. The van der Waals surface area contributed by atoms with Crippen LogP contribution in [-0.4, -0.2) is 13.2 Å². The summed E-state index contributed by atoms with van der Waals surface area (Å²) in [4.78, 5) is 0. The molecule has 0 aromatic rings. The highest BCUT2D eigenvalue weighted by atomic mass is 16.5. The Kier molecular flexibility index (Phi) is 3.70. The van der Waals surface area contributed by atoms with Crippen LogP contribution in [0.25, 0.3) is 0 Å². The normalized spacial score (nSPS) is 28.1. The van der Waals surface area contributed by atoms with Gasteiger partial charge in [0, 0.05) is 7.11 Å². The molecule has 1 aliphatic carbocycles. The molecular weight excluding hydrogens is 136 g/mol. The lowest BCUT2D eigenvalue weighted by Crippen LogP contribution is -2.07. The average Bonchev–Trinajstić information content (AvgIpc) is 2.16.